The Morgan fingerprint density at radius 2 is 2.11 bits per heavy atom. The molecular formula is C12H21N3O4. The third-order valence-electron chi connectivity index (χ3n) is 3.02. The van der Waals surface area contributed by atoms with Gasteiger partial charge in [0, 0.05) is 20.1 Å². The highest BCUT2D eigenvalue weighted by atomic mass is 16.6. The molecule has 3 amide bonds. The molecule has 1 heterocycles. The van der Waals surface area contributed by atoms with Crippen LogP contribution < -0.4 is 10.6 Å². The highest BCUT2D eigenvalue weighted by Gasteiger charge is 2.29. The molecule has 1 fully saturated rings. The Morgan fingerprint density at radius 3 is 2.74 bits per heavy atom. The molecule has 0 aromatic carbocycles. The van der Waals surface area contributed by atoms with E-state index >= 15 is 0 Å². The topological polar surface area (TPSA) is 87.7 Å². The number of amides is 3. The lowest BCUT2D eigenvalue weighted by Gasteiger charge is -2.31. The minimum atomic E-state index is -0.383. The van der Waals surface area contributed by atoms with Gasteiger partial charge in [-0.15, -0.1) is 0 Å². The van der Waals surface area contributed by atoms with Crippen molar-refractivity contribution in [3.8, 4) is 0 Å². The second kappa shape index (κ2) is 7.60. The van der Waals surface area contributed by atoms with Gasteiger partial charge in [0.05, 0.1) is 19.1 Å². The number of nitrogens with zero attached hydrogens (tertiary/aromatic N) is 1. The number of nitrogens with one attached hydrogen (secondary N) is 2. The predicted molar refractivity (Wildman–Crippen MR) is 68.4 cm³/mol. The molecule has 0 radical (unpaired) electrons. The van der Waals surface area contributed by atoms with Crippen LogP contribution in [0.1, 0.15) is 19.8 Å². The maximum atomic E-state index is 11.9. The molecular weight excluding hydrogens is 250 g/mol. The van der Waals surface area contributed by atoms with Crippen molar-refractivity contribution in [2.24, 2.45) is 5.92 Å². The second-order valence-electron chi connectivity index (χ2n) is 4.38. The van der Waals surface area contributed by atoms with Crippen molar-refractivity contribution < 1.29 is 19.1 Å². The van der Waals surface area contributed by atoms with Gasteiger partial charge in [-0.3, -0.25) is 9.59 Å². The van der Waals surface area contributed by atoms with Crippen LogP contribution in [0.2, 0.25) is 0 Å². The number of hydrogen-bond donors (Lipinski definition) is 2. The smallest absolute Gasteiger partial charge is 0.409 e. The van der Waals surface area contributed by atoms with Crippen LogP contribution >= 0.6 is 0 Å². The number of likely N-dealkylation sites (N-methyl/N-ethyl adjacent to an activating group) is 1. The Labute approximate surface area is 112 Å². The predicted octanol–water partition coefficient (Wildman–Crippen LogP) is -0.283. The van der Waals surface area contributed by atoms with Gasteiger partial charge in [-0.2, -0.15) is 0 Å². The molecule has 1 aliphatic rings. The van der Waals surface area contributed by atoms with Gasteiger partial charge in [0.25, 0.3) is 0 Å². The van der Waals surface area contributed by atoms with E-state index in [1.165, 1.54) is 11.9 Å². The third kappa shape index (κ3) is 4.76. The fourth-order valence-electron chi connectivity index (χ4n) is 1.97. The number of likely N-dealkylation sites (tertiary alicyclic amines) is 1. The van der Waals surface area contributed by atoms with Gasteiger partial charge >= 0.3 is 6.09 Å². The summed E-state index contributed by atoms with van der Waals surface area (Å²) in [7, 11) is 1.51. The molecule has 1 rings (SSSR count). The van der Waals surface area contributed by atoms with Gasteiger partial charge in [-0.05, 0) is 19.8 Å². The summed E-state index contributed by atoms with van der Waals surface area (Å²) in [5, 5.41) is 4.99. The van der Waals surface area contributed by atoms with Crippen molar-refractivity contribution >= 4 is 17.9 Å². The number of piperidine rings is 1. The minimum absolute atomic E-state index is 0.0365. The van der Waals surface area contributed by atoms with E-state index in [2.05, 4.69) is 10.6 Å². The largest absolute Gasteiger partial charge is 0.450 e. The Bertz CT molecular complexity index is 346. The van der Waals surface area contributed by atoms with Crippen molar-refractivity contribution in [3.63, 3.8) is 0 Å². The zero-order valence-corrected chi connectivity index (χ0v) is 11.4. The van der Waals surface area contributed by atoms with Crippen LogP contribution in [-0.2, 0) is 14.3 Å². The summed E-state index contributed by atoms with van der Waals surface area (Å²) in [6.07, 6.45) is 1.10. The molecule has 1 saturated heterocycles. The molecule has 0 spiro atoms. The first-order valence-corrected chi connectivity index (χ1v) is 6.48. The summed E-state index contributed by atoms with van der Waals surface area (Å²) < 4.78 is 4.92. The van der Waals surface area contributed by atoms with Gasteiger partial charge in [0.15, 0.2) is 0 Å². The minimum Gasteiger partial charge on any atom is -0.450 e. The highest BCUT2D eigenvalue weighted by molar-refractivity contribution is 5.86. The lowest BCUT2D eigenvalue weighted by atomic mass is 9.97. The van der Waals surface area contributed by atoms with Crippen LogP contribution in [0.15, 0.2) is 0 Å². The average molecular weight is 271 g/mol. The van der Waals surface area contributed by atoms with Crippen LogP contribution in [-0.4, -0.2) is 56.1 Å². The SMILES string of the molecule is CCOC(=O)N1CCCC(C(=O)NCC(=O)NC)C1. The molecule has 0 saturated carbocycles. The fourth-order valence-corrected chi connectivity index (χ4v) is 1.97. The summed E-state index contributed by atoms with van der Waals surface area (Å²) in [6.45, 7) is 2.99. The van der Waals surface area contributed by atoms with Gasteiger partial charge in [-0.1, -0.05) is 0 Å². The van der Waals surface area contributed by atoms with Gasteiger partial charge in [0.2, 0.25) is 11.8 Å². The van der Waals surface area contributed by atoms with Gasteiger partial charge in [0.1, 0.15) is 0 Å². The van der Waals surface area contributed by atoms with Crippen molar-refractivity contribution in [1.82, 2.24) is 15.5 Å². The normalized spacial score (nSPS) is 18.6. The quantitative estimate of drug-likeness (QED) is 0.736. The van der Waals surface area contributed by atoms with Crippen molar-refractivity contribution in [2.75, 3.05) is 33.3 Å². The summed E-state index contributed by atoms with van der Waals surface area (Å²) in [4.78, 5) is 36.0. The lowest BCUT2D eigenvalue weighted by molar-refractivity contribution is -0.129. The van der Waals surface area contributed by atoms with E-state index in [9.17, 15) is 14.4 Å². The van der Waals surface area contributed by atoms with E-state index in [1.54, 1.807) is 6.92 Å². The molecule has 1 atom stereocenters. The number of ether oxygens (including phenoxy) is 1. The van der Waals surface area contributed by atoms with E-state index in [0.717, 1.165) is 12.8 Å². The molecule has 2 N–H and O–H groups in total. The first-order valence-electron chi connectivity index (χ1n) is 6.48. The molecule has 19 heavy (non-hydrogen) atoms. The Morgan fingerprint density at radius 1 is 1.37 bits per heavy atom. The van der Waals surface area contributed by atoms with E-state index < -0.39 is 0 Å². The van der Waals surface area contributed by atoms with E-state index in [0.29, 0.717) is 19.7 Å². The molecule has 1 unspecified atom stereocenters. The first kappa shape index (κ1) is 15.3. The first-order chi connectivity index (χ1) is 9.08. The molecule has 7 nitrogen and oxygen atoms in total. The van der Waals surface area contributed by atoms with Crippen molar-refractivity contribution in [3.05, 3.63) is 0 Å². The Hall–Kier alpha value is -1.79. The maximum Gasteiger partial charge on any atom is 0.409 e. The van der Waals surface area contributed by atoms with E-state index in [-0.39, 0.29) is 30.4 Å². The molecule has 108 valence electrons. The summed E-state index contributed by atoms with van der Waals surface area (Å²) >= 11 is 0. The Kier molecular flexibility index (Phi) is 6.11. The maximum absolute atomic E-state index is 11.9. The zero-order chi connectivity index (χ0) is 14.3. The zero-order valence-electron chi connectivity index (χ0n) is 11.4. The fraction of sp³-hybridized carbons (Fsp3) is 0.750. The molecule has 0 aliphatic carbocycles. The number of carbonyl (C=O) groups excluding carboxylic acids is 3. The number of carbonyl (C=O) groups is 3. The average Bonchev–Trinajstić information content (AvgIpc) is 2.44. The molecule has 0 aromatic heterocycles. The Balaban J connectivity index is 2.43. The van der Waals surface area contributed by atoms with Crippen LogP contribution in [0.3, 0.4) is 0 Å². The molecule has 1 aliphatic heterocycles. The number of hydrogen-bond acceptors (Lipinski definition) is 4. The summed E-state index contributed by atoms with van der Waals surface area (Å²) in [6, 6.07) is 0. The van der Waals surface area contributed by atoms with Crippen molar-refractivity contribution in [1.29, 1.82) is 0 Å². The van der Waals surface area contributed by atoms with Crippen molar-refractivity contribution in [2.45, 2.75) is 19.8 Å². The van der Waals surface area contributed by atoms with Crippen LogP contribution in [0.25, 0.3) is 0 Å². The molecule has 0 aromatic rings. The second-order valence-corrected chi connectivity index (χ2v) is 4.38. The van der Waals surface area contributed by atoms with E-state index in [1.807, 2.05) is 0 Å². The third-order valence-corrected chi connectivity index (χ3v) is 3.02. The monoisotopic (exact) mass is 271 g/mol. The van der Waals surface area contributed by atoms with Crippen LogP contribution in [0.4, 0.5) is 4.79 Å². The van der Waals surface area contributed by atoms with Crippen LogP contribution in [0.5, 0.6) is 0 Å². The van der Waals surface area contributed by atoms with Crippen LogP contribution in [0, 0.1) is 5.92 Å². The summed E-state index contributed by atoms with van der Waals surface area (Å²) in [5.41, 5.74) is 0. The standard InChI is InChI=1S/C12H21N3O4/c1-3-19-12(18)15-6-4-5-9(8-15)11(17)14-7-10(16)13-2/h9H,3-8H2,1-2H3,(H,13,16)(H,14,17). The van der Waals surface area contributed by atoms with Gasteiger partial charge in [-0.25, -0.2) is 4.79 Å². The van der Waals surface area contributed by atoms with Gasteiger partial charge < -0.3 is 20.3 Å². The summed E-state index contributed by atoms with van der Waals surface area (Å²) in [5.74, 6) is -0.716. The number of rotatable bonds is 4. The lowest BCUT2D eigenvalue weighted by Crippen LogP contribution is -2.47. The van der Waals surface area contributed by atoms with E-state index in [4.69, 9.17) is 4.74 Å². The highest BCUT2D eigenvalue weighted by Crippen LogP contribution is 2.17. The molecule has 7 heteroatoms. The molecule has 0 bridgehead atoms.